The van der Waals surface area contributed by atoms with Crippen molar-refractivity contribution in [3.63, 3.8) is 0 Å². The lowest BCUT2D eigenvalue weighted by atomic mass is 9.86. The summed E-state index contributed by atoms with van der Waals surface area (Å²) in [5.41, 5.74) is 2.14. The van der Waals surface area contributed by atoms with Gasteiger partial charge in [-0.3, -0.25) is 4.79 Å². The van der Waals surface area contributed by atoms with Crippen molar-refractivity contribution in [2.45, 2.75) is 38.3 Å². The van der Waals surface area contributed by atoms with Crippen LogP contribution in [0.2, 0.25) is 0 Å². The Balaban J connectivity index is 1.78. The summed E-state index contributed by atoms with van der Waals surface area (Å²) in [5, 5.41) is 3.31. The number of nitrogens with one attached hydrogen (secondary N) is 1. The van der Waals surface area contributed by atoms with Crippen LogP contribution in [0.3, 0.4) is 0 Å². The summed E-state index contributed by atoms with van der Waals surface area (Å²) in [4.78, 5) is 14.7. The molecule has 1 aromatic carbocycles. The van der Waals surface area contributed by atoms with Gasteiger partial charge in [-0.25, -0.2) is 0 Å². The first-order chi connectivity index (χ1) is 9.97. The Hall–Kier alpha value is -1.39. The van der Waals surface area contributed by atoms with E-state index in [4.69, 9.17) is 4.74 Å². The van der Waals surface area contributed by atoms with Crippen LogP contribution < -0.4 is 5.32 Å². The summed E-state index contributed by atoms with van der Waals surface area (Å²) >= 11 is 0. The molecule has 3 rings (SSSR count). The molecular formula is C17H24N2O2. The molecule has 0 aromatic heterocycles. The van der Waals surface area contributed by atoms with Crippen LogP contribution in [-0.2, 0) is 10.2 Å². The molecule has 4 heteroatoms. The molecule has 0 aliphatic carbocycles. The first kappa shape index (κ1) is 14.5. The SMILES string of the molecule is CC(C)(C)c1ccc(C(=O)N2CCO[C@@H]3CNC[C@@H]32)cc1. The second-order valence-corrected chi connectivity index (χ2v) is 6.96. The van der Waals surface area contributed by atoms with Crippen LogP contribution in [0.5, 0.6) is 0 Å². The molecule has 0 radical (unpaired) electrons. The lowest BCUT2D eigenvalue weighted by Gasteiger charge is -2.37. The highest BCUT2D eigenvalue weighted by molar-refractivity contribution is 5.94. The second-order valence-electron chi connectivity index (χ2n) is 6.96. The first-order valence-corrected chi connectivity index (χ1v) is 7.70. The number of fused-ring (bicyclic) bond motifs is 1. The molecule has 21 heavy (non-hydrogen) atoms. The van der Waals surface area contributed by atoms with Crippen molar-refractivity contribution in [1.29, 1.82) is 0 Å². The minimum absolute atomic E-state index is 0.112. The van der Waals surface area contributed by atoms with E-state index in [1.807, 2.05) is 17.0 Å². The van der Waals surface area contributed by atoms with E-state index < -0.39 is 0 Å². The van der Waals surface area contributed by atoms with Gasteiger partial charge in [-0.2, -0.15) is 0 Å². The largest absolute Gasteiger partial charge is 0.373 e. The van der Waals surface area contributed by atoms with E-state index in [2.05, 4.69) is 38.2 Å². The van der Waals surface area contributed by atoms with Gasteiger partial charge in [0.25, 0.3) is 5.91 Å². The summed E-state index contributed by atoms with van der Waals surface area (Å²) < 4.78 is 5.73. The molecule has 4 nitrogen and oxygen atoms in total. The zero-order valence-electron chi connectivity index (χ0n) is 13.1. The molecule has 2 heterocycles. The molecule has 1 amide bonds. The van der Waals surface area contributed by atoms with E-state index in [1.165, 1.54) is 5.56 Å². The highest BCUT2D eigenvalue weighted by Gasteiger charge is 2.38. The molecule has 2 atom stereocenters. The van der Waals surface area contributed by atoms with Crippen molar-refractivity contribution in [2.24, 2.45) is 0 Å². The normalized spacial score (nSPS) is 25.8. The summed E-state index contributed by atoms with van der Waals surface area (Å²) in [5.74, 6) is 0.123. The number of hydrogen-bond donors (Lipinski definition) is 1. The number of benzene rings is 1. The number of carbonyl (C=O) groups is 1. The minimum Gasteiger partial charge on any atom is -0.373 e. The highest BCUT2D eigenvalue weighted by atomic mass is 16.5. The number of morpholine rings is 1. The Kier molecular flexibility index (Phi) is 3.76. The van der Waals surface area contributed by atoms with Crippen molar-refractivity contribution in [1.82, 2.24) is 10.2 Å². The molecule has 1 aromatic rings. The summed E-state index contributed by atoms with van der Waals surface area (Å²) in [7, 11) is 0. The second kappa shape index (κ2) is 5.43. The van der Waals surface area contributed by atoms with Gasteiger partial charge in [0.05, 0.1) is 18.8 Å². The molecule has 0 bridgehead atoms. The smallest absolute Gasteiger partial charge is 0.254 e. The van der Waals surface area contributed by atoms with Crippen LogP contribution in [0.25, 0.3) is 0 Å². The topological polar surface area (TPSA) is 41.6 Å². The van der Waals surface area contributed by atoms with Gasteiger partial charge in [-0.05, 0) is 23.1 Å². The Morgan fingerprint density at radius 3 is 2.62 bits per heavy atom. The number of rotatable bonds is 1. The Morgan fingerprint density at radius 2 is 1.95 bits per heavy atom. The molecule has 114 valence electrons. The van der Waals surface area contributed by atoms with Gasteiger partial charge >= 0.3 is 0 Å². The lowest BCUT2D eigenvalue weighted by Crippen LogP contribution is -2.53. The molecule has 2 aliphatic rings. The highest BCUT2D eigenvalue weighted by Crippen LogP contribution is 2.24. The first-order valence-electron chi connectivity index (χ1n) is 7.70. The van der Waals surface area contributed by atoms with Gasteiger partial charge in [-0.15, -0.1) is 0 Å². The van der Waals surface area contributed by atoms with Crippen molar-refractivity contribution in [3.8, 4) is 0 Å². The van der Waals surface area contributed by atoms with Crippen molar-refractivity contribution >= 4 is 5.91 Å². The van der Waals surface area contributed by atoms with Gasteiger partial charge in [0.1, 0.15) is 0 Å². The molecule has 2 fully saturated rings. The van der Waals surface area contributed by atoms with Crippen LogP contribution in [-0.4, -0.2) is 49.2 Å². The van der Waals surface area contributed by atoms with E-state index in [0.717, 1.165) is 18.7 Å². The van der Waals surface area contributed by atoms with Gasteiger partial charge in [-0.1, -0.05) is 32.9 Å². The van der Waals surface area contributed by atoms with Gasteiger partial charge in [0.2, 0.25) is 0 Å². The Morgan fingerprint density at radius 1 is 1.24 bits per heavy atom. The Bertz CT molecular complexity index is 519. The van der Waals surface area contributed by atoms with Gasteiger partial charge in [0, 0.05) is 25.2 Å². The Labute approximate surface area is 126 Å². The van der Waals surface area contributed by atoms with Crippen LogP contribution in [0, 0.1) is 0 Å². The molecule has 0 saturated carbocycles. The summed E-state index contributed by atoms with van der Waals surface area (Å²) in [6, 6.07) is 8.22. The fourth-order valence-electron chi connectivity index (χ4n) is 3.12. The number of nitrogens with zero attached hydrogens (tertiary/aromatic N) is 1. The van der Waals surface area contributed by atoms with Crippen LogP contribution >= 0.6 is 0 Å². The standard InChI is InChI=1S/C17H24N2O2/c1-17(2,3)13-6-4-12(5-7-13)16(20)19-8-9-21-15-11-18-10-14(15)19/h4-7,14-15,18H,8-11H2,1-3H3/t14-,15+/m0/s1. The predicted octanol–water partition coefficient (Wildman–Crippen LogP) is 1.80. The molecule has 0 spiro atoms. The van der Waals surface area contributed by atoms with E-state index in [1.54, 1.807) is 0 Å². The monoisotopic (exact) mass is 288 g/mol. The lowest BCUT2D eigenvalue weighted by molar-refractivity contribution is -0.0364. The third-order valence-electron chi connectivity index (χ3n) is 4.45. The van der Waals surface area contributed by atoms with Crippen molar-refractivity contribution in [2.75, 3.05) is 26.2 Å². The zero-order valence-corrected chi connectivity index (χ0v) is 13.1. The molecule has 0 unspecified atom stereocenters. The van der Waals surface area contributed by atoms with Gasteiger partial charge < -0.3 is 15.0 Å². The van der Waals surface area contributed by atoms with Gasteiger partial charge in [0.15, 0.2) is 0 Å². The average molecular weight is 288 g/mol. The summed E-state index contributed by atoms with van der Waals surface area (Å²) in [6.07, 6.45) is 0.150. The van der Waals surface area contributed by atoms with E-state index in [-0.39, 0.29) is 23.5 Å². The van der Waals surface area contributed by atoms with E-state index >= 15 is 0 Å². The maximum atomic E-state index is 12.7. The predicted molar refractivity (Wildman–Crippen MR) is 82.6 cm³/mol. The molecule has 2 aliphatic heterocycles. The van der Waals surface area contributed by atoms with E-state index in [0.29, 0.717) is 13.2 Å². The third-order valence-corrected chi connectivity index (χ3v) is 4.45. The third kappa shape index (κ3) is 2.83. The maximum absolute atomic E-state index is 12.7. The zero-order chi connectivity index (χ0) is 15.0. The number of carbonyl (C=O) groups excluding carboxylic acids is 1. The average Bonchev–Trinajstić information content (AvgIpc) is 2.94. The van der Waals surface area contributed by atoms with Crippen molar-refractivity contribution < 1.29 is 9.53 Å². The number of ether oxygens (including phenoxy) is 1. The fraction of sp³-hybridized carbons (Fsp3) is 0.588. The molecule has 2 saturated heterocycles. The minimum atomic E-state index is 0.112. The van der Waals surface area contributed by atoms with Crippen molar-refractivity contribution in [3.05, 3.63) is 35.4 Å². The number of hydrogen-bond acceptors (Lipinski definition) is 3. The van der Waals surface area contributed by atoms with E-state index in [9.17, 15) is 4.79 Å². The molecule has 1 N–H and O–H groups in total. The van der Waals surface area contributed by atoms with Crippen LogP contribution in [0.15, 0.2) is 24.3 Å². The quantitative estimate of drug-likeness (QED) is 0.857. The maximum Gasteiger partial charge on any atom is 0.254 e. The number of amides is 1. The summed E-state index contributed by atoms with van der Waals surface area (Å²) in [6.45, 7) is 9.53. The fourth-order valence-corrected chi connectivity index (χ4v) is 3.12. The van der Waals surface area contributed by atoms with Crippen LogP contribution in [0.1, 0.15) is 36.7 Å². The van der Waals surface area contributed by atoms with Crippen LogP contribution in [0.4, 0.5) is 0 Å². The molecular weight excluding hydrogens is 264 g/mol.